The first-order chi connectivity index (χ1) is 6.91. The van der Waals surface area contributed by atoms with Crippen LogP contribution in [0.4, 0.5) is 13.2 Å². The number of halogens is 4. The van der Waals surface area contributed by atoms with Gasteiger partial charge in [0.05, 0.1) is 10.0 Å². The van der Waals surface area contributed by atoms with Gasteiger partial charge in [0.1, 0.15) is 11.6 Å². The first-order valence-electron chi connectivity index (χ1n) is 3.86. The number of rotatable bonds is 3. The number of Topliss-reactive ketones (excluding diaryl/α,β-unsaturated/α-hetero) is 1. The molecule has 0 aromatic heterocycles. The van der Waals surface area contributed by atoms with Crippen LogP contribution in [0, 0.1) is 5.82 Å². The zero-order valence-corrected chi connectivity index (χ0v) is 9.15. The van der Waals surface area contributed by atoms with Gasteiger partial charge in [0.25, 0.3) is 0 Å². The summed E-state index contributed by atoms with van der Waals surface area (Å²) in [7, 11) is 0. The Hall–Kier alpha value is -1.04. The van der Waals surface area contributed by atoms with E-state index >= 15 is 0 Å². The monoisotopic (exact) mass is 282 g/mol. The molecule has 0 aliphatic carbocycles. The molecule has 0 atom stereocenters. The number of hydrogen-bond donors (Lipinski definition) is 0. The number of alkyl halides is 2. The van der Waals surface area contributed by atoms with Gasteiger partial charge in [0.2, 0.25) is 0 Å². The third kappa shape index (κ3) is 2.95. The van der Waals surface area contributed by atoms with E-state index in [4.69, 9.17) is 0 Å². The maximum Gasteiger partial charge on any atom is 0.387 e. The zero-order valence-electron chi connectivity index (χ0n) is 7.56. The second-order valence-electron chi connectivity index (χ2n) is 2.70. The van der Waals surface area contributed by atoms with Crippen molar-refractivity contribution in [3.63, 3.8) is 0 Å². The molecule has 2 nitrogen and oxygen atoms in total. The Morgan fingerprint density at radius 1 is 1.47 bits per heavy atom. The van der Waals surface area contributed by atoms with E-state index in [1.54, 1.807) is 0 Å². The molecule has 1 rings (SSSR count). The van der Waals surface area contributed by atoms with Crippen molar-refractivity contribution in [2.45, 2.75) is 13.5 Å². The third-order valence-electron chi connectivity index (χ3n) is 1.62. The molecular formula is C9H6BrF3O2. The summed E-state index contributed by atoms with van der Waals surface area (Å²) in [4.78, 5) is 11.0. The normalized spacial score (nSPS) is 10.5. The van der Waals surface area contributed by atoms with Crippen molar-refractivity contribution in [2.75, 3.05) is 0 Å². The summed E-state index contributed by atoms with van der Waals surface area (Å²) in [5, 5.41) is 0. The van der Waals surface area contributed by atoms with Crippen molar-refractivity contribution in [1.29, 1.82) is 0 Å². The molecular weight excluding hydrogens is 277 g/mol. The predicted octanol–water partition coefficient (Wildman–Crippen LogP) is 3.39. The Bertz CT molecular complexity index is 393. The van der Waals surface area contributed by atoms with Crippen molar-refractivity contribution in [1.82, 2.24) is 0 Å². The molecule has 0 fully saturated rings. The average Bonchev–Trinajstić information content (AvgIpc) is 2.09. The summed E-state index contributed by atoms with van der Waals surface area (Å²) < 4.78 is 40.9. The molecule has 6 heteroatoms. The molecule has 0 heterocycles. The minimum absolute atomic E-state index is 0.0225. The number of ketones is 1. The van der Waals surface area contributed by atoms with Crippen LogP contribution in [0.1, 0.15) is 17.3 Å². The van der Waals surface area contributed by atoms with Gasteiger partial charge in [-0.25, -0.2) is 4.39 Å². The summed E-state index contributed by atoms with van der Waals surface area (Å²) in [6.07, 6.45) is 0. The average molecular weight is 283 g/mol. The van der Waals surface area contributed by atoms with Crippen molar-refractivity contribution in [3.05, 3.63) is 28.0 Å². The molecule has 1 aromatic carbocycles. The van der Waals surface area contributed by atoms with Crippen LogP contribution in [0.5, 0.6) is 5.75 Å². The summed E-state index contributed by atoms with van der Waals surface area (Å²) in [6.45, 7) is -1.92. The van der Waals surface area contributed by atoms with E-state index in [1.807, 2.05) is 0 Å². The minimum atomic E-state index is -3.09. The van der Waals surface area contributed by atoms with Gasteiger partial charge >= 0.3 is 6.61 Å². The Balaban J connectivity index is 3.22. The SMILES string of the molecule is CC(=O)c1cc(Br)c(F)cc1OC(F)F. The Morgan fingerprint density at radius 2 is 2.07 bits per heavy atom. The molecule has 0 radical (unpaired) electrons. The summed E-state index contributed by atoms with van der Waals surface area (Å²) in [6, 6.07) is 1.85. The van der Waals surface area contributed by atoms with Crippen LogP contribution in [0.3, 0.4) is 0 Å². The van der Waals surface area contributed by atoms with Gasteiger partial charge in [-0.1, -0.05) is 0 Å². The first kappa shape index (κ1) is 12.0. The highest BCUT2D eigenvalue weighted by atomic mass is 79.9. The summed E-state index contributed by atoms with van der Waals surface area (Å²) >= 11 is 2.84. The van der Waals surface area contributed by atoms with Crippen LogP contribution in [0.15, 0.2) is 16.6 Å². The highest BCUT2D eigenvalue weighted by Gasteiger charge is 2.16. The fraction of sp³-hybridized carbons (Fsp3) is 0.222. The molecule has 0 aliphatic rings. The molecule has 0 N–H and O–H groups in total. The molecule has 0 aliphatic heterocycles. The molecule has 0 amide bonds. The summed E-state index contributed by atoms with van der Waals surface area (Å²) in [5.74, 6) is -1.71. The lowest BCUT2D eigenvalue weighted by Gasteiger charge is -2.09. The smallest absolute Gasteiger partial charge is 0.387 e. The van der Waals surface area contributed by atoms with Crippen LogP contribution in [-0.2, 0) is 0 Å². The number of ether oxygens (including phenoxy) is 1. The van der Waals surface area contributed by atoms with E-state index < -0.39 is 24.0 Å². The van der Waals surface area contributed by atoms with Crippen LogP contribution >= 0.6 is 15.9 Å². The standard InChI is InChI=1S/C9H6BrF3O2/c1-4(14)5-2-6(10)7(11)3-8(5)15-9(12)13/h2-3,9H,1H3. The highest BCUT2D eigenvalue weighted by Crippen LogP contribution is 2.27. The second-order valence-corrected chi connectivity index (χ2v) is 3.55. The van der Waals surface area contributed by atoms with Gasteiger partial charge in [-0.2, -0.15) is 8.78 Å². The van der Waals surface area contributed by atoms with E-state index in [2.05, 4.69) is 20.7 Å². The first-order valence-corrected chi connectivity index (χ1v) is 4.66. The van der Waals surface area contributed by atoms with Crippen LogP contribution in [0.25, 0.3) is 0 Å². The number of hydrogen-bond acceptors (Lipinski definition) is 2. The molecule has 0 unspecified atom stereocenters. The van der Waals surface area contributed by atoms with Gasteiger partial charge in [0, 0.05) is 6.07 Å². The lowest BCUT2D eigenvalue weighted by Crippen LogP contribution is -2.07. The molecule has 0 bridgehead atoms. The third-order valence-corrected chi connectivity index (χ3v) is 2.23. The molecule has 82 valence electrons. The van der Waals surface area contributed by atoms with E-state index in [9.17, 15) is 18.0 Å². The van der Waals surface area contributed by atoms with E-state index in [-0.39, 0.29) is 10.0 Å². The quantitative estimate of drug-likeness (QED) is 0.795. The summed E-state index contributed by atoms with van der Waals surface area (Å²) in [5.41, 5.74) is -0.0939. The van der Waals surface area contributed by atoms with Crippen molar-refractivity contribution < 1.29 is 22.7 Å². The van der Waals surface area contributed by atoms with E-state index in [0.29, 0.717) is 0 Å². The topological polar surface area (TPSA) is 26.3 Å². The van der Waals surface area contributed by atoms with Gasteiger partial charge in [0.15, 0.2) is 5.78 Å². The van der Waals surface area contributed by atoms with Crippen LogP contribution in [0.2, 0.25) is 0 Å². The minimum Gasteiger partial charge on any atom is -0.434 e. The fourth-order valence-corrected chi connectivity index (χ4v) is 1.34. The zero-order chi connectivity index (χ0) is 11.6. The van der Waals surface area contributed by atoms with Crippen molar-refractivity contribution >= 4 is 21.7 Å². The highest BCUT2D eigenvalue weighted by molar-refractivity contribution is 9.10. The second kappa shape index (κ2) is 4.65. The van der Waals surface area contributed by atoms with Gasteiger partial charge in [-0.3, -0.25) is 4.79 Å². The molecule has 0 spiro atoms. The van der Waals surface area contributed by atoms with Gasteiger partial charge in [-0.05, 0) is 28.9 Å². The maximum atomic E-state index is 13.0. The van der Waals surface area contributed by atoms with Crippen LogP contribution < -0.4 is 4.74 Å². The number of carbonyl (C=O) groups excluding carboxylic acids is 1. The predicted molar refractivity (Wildman–Crippen MR) is 50.7 cm³/mol. The lowest BCUT2D eigenvalue weighted by atomic mass is 10.1. The van der Waals surface area contributed by atoms with Crippen molar-refractivity contribution in [2.24, 2.45) is 0 Å². The van der Waals surface area contributed by atoms with Crippen molar-refractivity contribution in [3.8, 4) is 5.75 Å². The number of carbonyl (C=O) groups is 1. The largest absolute Gasteiger partial charge is 0.434 e. The molecule has 15 heavy (non-hydrogen) atoms. The Labute approximate surface area is 92.2 Å². The Kier molecular flexibility index (Phi) is 3.73. The number of benzene rings is 1. The molecule has 1 aromatic rings. The van der Waals surface area contributed by atoms with Gasteiger partial charge < -0.3 is 4.74 Å². The van der Waals surface area contributed by atoms with Gasteiger partial charge in [-0.15, -0.1) is 0 Å². The molecule has 0 saturated carbocycles. The molecule has 0 saturated heterocycles. The van der Waals surface area contributed by atoms with E-state index in [0.717, 1.165) is 12.1 Å². The lowest BCUT2D eigenvalue weighted by molar-refractivity contribution is -0.0502. The Morgan fingerprint density at radius 3 is 2.53 bits per heavy atom. The maximum absolute atomic E-state index is 13.0. The van der Waals surface area contributed by atoms with Crippen LogP contribution in [-0.4, -0.2) is 12.4 Å². The van der Waals surface area contributed by atoms with E-state index in [1.165, 1.54) is 6.92 Å². The fourth-order valence-electron chi connectivity index (χ4n) is 0.997.